The van der Waals surface area contributed by atoms with Crippen LogP contribution in [-0.2, 0) is 22.7 Å². The van der Waals surface area contributed by atoms with Gasteiger partial charge in [0, 0.05) is 31.0 Å². The number of aromatic nitrogens is 3. The van der Waals surface area contributed by atoms with Crippen molar-refractivity contribution in [2.45, 2.75) is 71.0 Å². The predicted molar refractivity (Wildman–Crippen MR) is 88.9 cm³/mol. The molecule has 2 aliphatic rings. The Labute approximate surface area is 142 Å². The van der Waals surface area contributed by atoms with E-state index in [4.69, 9.17) is 0 Å². The lowest BCUT2D eigenvalue weighted by Crippen LogP contribution is -2.34. The molecule has 132 valence electrons. The van der Waals surface area contributed by atoms with Gasteiger partial charge in [-0.25, -0.2) is 0 Å². The highest BCUT2D eigenvalue weighted by Crippen LogP contribution is 2.27. The molecule has 7 heteroatoms. The summed E-state index contributed by atoms with van der Waals surface area (Å²) < 4.78 is 1.79. The zero-order valence-corrected chi connectivity index (χ0v) is 14.6. The molecule has 1 aromatic heterocycles. The minimum absolute atomic E-state index is 0.0415. The molecule has 3 rings (SSSR count). The number of carbonyl (C=O) groups is 2. The van der Waals surface area contributed by atoms with E-state index in [-0.39, 0.29) is 23.3 Å². The molecule has 7 nitrogen and oxygen atoms in total. The summed E-state index contributed by atoms with van der Waals surface area (Å²) >= 11 is 0. The van der Waals surface area contributed by atoms with Crippen molar-refractivity contribution in [3.63, 3.8) is 0 Å². The zero-order chi connectivity index (χ0) is 17.2. The van der Waals surface area contributed by atoms with Gasteiger partial charge < -0.3 is 10.2 Å². The second-order valence-corrected chi connectivity index (χ2v) is 7.66. The Morgan fingerprint density at radius 2 is 2.12 bits per heavy atom. The summed E-state index contributed by atoms with van der Waals surface area (Å²) in [5.74, 6) is 0.391. The fourth-order valence-corrected chi connectivity index (χ4v) is 3.64. The average molecular weight is 333 g/mol. The molecule has 0 radical (unpaired) electrons. The molecular formula is C17H27N5O2. The van der Waals surface area contributed by atoms with Crippen molar-refractivity contribution >= 4 is 11.8 Å². The largest absolute Gasteiger partial charge is 0.351 e. The third-order valence-electron chi connectivity index (χ3n) is 4.91. The maximum absolute atomic E-state index is 12.0. The van der Waals surface area contributed by atoms with Crippen LogP contribution in [0.15, 0.2) is 6.20 Å². The average Bonchev–Trinajstić information content (AvgIpc) is 2.99. The van der Waals surface area contributed by atoms with Crippen LogP contribution in [0.25, 0.3) is 0 Å². The van der Waals surface area contributed by atoms with E-state index < -0.39 is 0 Å². The molecule has 1 unspecified atom stereocenters. The summed E-state index contributed by atoms with van der Waals surface area (Å²) in [4.78, 5) is 25.9. The lowest BCUT2D eigenvalue weighted by Gasteiger charge is -2.18. The van der Waals surface area contributed by atoms with Crippen molar-refractivity contribution in [3.05, 3.63) is 11.9 Å². The molecule has 2 saturated heterocycles. The van der Waals surface area contributed by atoms with Gasteiger partial charge in [0.05, 0.1) is 12.7 Å². The number of aryl methyl sites for hydroxylation is 1. The summed E-state index contributed by atoms with van der Waals surface area (Å²) in [6.45, 7) is 6.13. The van der Waals surface area contributed by atoms with Crippen molar-refractivity contribution in [3.8, 4) is 0 Å². The van der Waals surface area contributed by atoms with Gasteiger partial charge in [-0.3, -0.25) is 14.3 Å². The van der Waals surface area contributed by atoms with E-state index in [1.165, 1.54) is 0 Å². The molecule has 24 heavy (non-hydrogen) atoms. The minimum Gasteiger partial charge on any atom is -0.351 e. The van der Waals surface area contributed by atoms with E-state index >= 15 is 0 Å². The summed E-state index contributed by atoms with van der Waals surface area (Å²) in [6, 6.07) is 0. The van der Waals surface area contributed by atoms with Crippen molar-refractivity contribution < 1.29 is 9.59 Å². The lowest BCUT2D eigenvalue weighted by atomic mass is 9.94. The molecule has 2 amide bonds. The highest BCUT2D eigenvalue weighted by molar-refractivity contribution is 5.81. The topological polar surface area (TPSA) is 80.1 Å². The number of likely N-dealkylation sites (tertiary alicyclic amines) is 1. The molecule has 2 aliphatic heterocycles. The fourth-order valence-electron chi connectivity index (χ4n) is 3.64. The van der Waals surface area contributed by atoms with Crippen LogP contribution in [0.4, 0.5) is 0 Å². The fraction of sp³-hybridized carbons (Fsp3) is 0.765. The molecule has 0 aromatic carbocycles. The second-order valence-electron chi connectivity index (χ2n) is 7.66. The van der Waals surface area contributed by atoms with Gasteiger partial charge in [0.25, 0.3) is 0 Å². The maximum Gasteiger partial charge on any atom is 0.223 e. The van der Waals surface area contributed by atoms with Gasteiger partial charge in [-0.2, -0.15) is 0 Å². The van der Waals surface area contributed by atoms with Crippen LogP contribution in [0.2, 0.25) is 0 Å². The SMILES string of the molecule is CC1(C)CC(CCn2cc(CN3CCCCCC3=O)nn2)C(=O)N1. The first-order chi connectivity index (χ1) is 11.4. The number of hydrogen-bond donors (Lipinski definition) is 1. The Morgan fingerprint density at radius 1 is 1.29 bits per heavy atom. The number of rotatable bonds is 5. The predicted octanol–water partition coefficient (Wildman–Crippen LogP) is 1.49. The van der Waals surface area contributed by atoms with Crippen LogP contribution in [0, 0.1) is 5.92 Å². The van der Waals surface area contributed by atoms with Crippen LogP contribution in [-0.4, -0.2) is 43.8 Å². The minimum atomic E-state index is -0.109. The van der Waals surface area contributed by atoms with E-state index in [0.29, 0.717) is 19.5 Å². The highest BCUT2D eigenvalue weighted by atomic mass is 16.2. The number of amides is 2. The van der Waals surface area contributed by atoms with Crippen LogP contribution in [0.3, 0.4) is 0 Å². The Bertz CT molecular complexity index is 610. The number of nitrogens with zero attached hydrogens (tertiary/aromatic N) is 4. The Balaban J connectivity index is 1.52. The molecule has 0 spiro atoms. The van der Waals surface area contributed by atoms with Gasteiger partial charge in [-0.1, -0.05) is 11.6 Å². The second kappa shape index (κ2) is 6.91. The van der Waals surface area contributed by atoms with Crippen molar-refractivity contribution in [1.29, 1.82) is 0 Å². The van der Waals surface area contributed by atoms with E-state index in [1.54, 1.807) is 4.68 Å². The monoisotopic (exact) mass is 333 g/mol. The number of nitrogens with one attached hydrogen (secondary N) is 1. The third-order valence-corrected chi connectivity index (χ3v) is 4.91. The van der Waals surface area contributed by atoms with Gasteiger partial charge in [0.2, 0.25) is 11.8 Å². The van der Waals surface area contributed by atoms with Crippen LogP contribution < -0.4 is 5.32 Å². The van der Waals surface area contributed by atoms with Crippen molar-refractivity contribution in [1.82, 2.24) is 25.2 Å². The van der Waals surface area contributed by atoms with Crippen LogP contribution >= 0.6 is 0 Å². The molecule has 0 aliphatic carbocycles. The third kappa shape index (κ3) is 4.13. The first-order valence-corrected chi connectivity index (χ1v) is 8.92. The maximum atomic E-state index is 12.0. The summed E-state index contributed by atoms with van der Waals surface area (Å²) in [6.07, 6.45) is 7.33. The number of hydrogen-bond acceptors (Lipinski definition) is 4. The number of carbonyl (C=O) groups excluding carboxylic acids is 2. The van der Waals surface area contributed by atoms with Gasteiger partial charge in [-0.05, 0) is 39.5 Å². The van der Waals surface area contributed by atoms with E-state index in [1.807, 2.05) is 11.1 Å². The van der Waals surface area contributed by atoms with Gasteiger partial charge in [-0.15, -0.1) is 5.10 Å². The Kier molecular flexibility index (Phi) is 4.87. The first-order valence-electron chi connectivity index (χ1n) is 8.92. The molecule has 2 fully saturated rings. The van der Waals surface area contributed by atoms with Gasteiger partial charge >= 0.3 is 0 Å². The highest BCUT2D eigenvalue weighted by Gasteiger charge is 2.36. The quantitative estimate of drug-likeness (QED) is 0.885. The smallest absolute Gasteiger partial charge is 0.223 e. The van der Waals surface area contributed by atoms with E-state index in [0.717, 1.165) is 44.3 Å². The molecule has 1 atom stereocenters. The molecule has 0 saturated carbocycles. The molecule has 0 bridgehead atoms. The molecule has 3 heterocycles. The standard InChI is InChI=1S/C17H27N5O2/c1-17(2)10-13(16(24)18-17)7-9-22-12-14(19-20-22)11-21-8-5-3-4-6-15(21)23/h12-13H,3-11H2,1-2H3,(H,18,24). The van der Waals surface area contributed by atoms with Gasteiger partial charge in [0.15, 0.2) is 0 Å². The first kappa shape index (κ1) is 16.9. The van der Waals surface area contributed by atoms with E-state index in [9.17, 15) is 9.59 Å². The Hall–Kier alpha value is -1.92. The Morgan fingerprint density at radius 3 is 2.88 bits per heavy atom. The zero-order valence-electron chi connectivity index (χ0n) is 14.6. The van der Waals surface area contributed by atoms with Crippen LogP contribution in [0.1, 0.15) is 58.1 Å². The summed E-state index contributed by atoms with van der Waals surface area (Å²) in [5.41, 5.74) is 0.712. The summed E-state index contributed by atoms with van der Waals surface area (Å²) in [7, 11) is 0. The normalized spacial score (nSPS) is 24.1. The lowest BCUT2D eigenvalue weighted by molar-refractivity contribution is -0.131. The van der Waals surface area contributed by atoms with Crippen molar-refractivity contribution in [2.75, 3.05) is 6.54 Å². The summed E-state index contributed by atoms with van der Waals surface area (Å²) in [5, 5.41) is 11.4. The molecular weight excluding hydrogens is 306 g/mol. The van der Waals surface area contributed by atoms with E-state index in [2.05, 4.69) is 29.5 Å². The van der Waals surface area contributed by atoms with Crippen molar-refractivity contribution in [2.24, 2.45) is 5.92 Å². The van der Waals surface area contributed by atoms with Crippen LogP contribution in [0.5, 0.6) is 0 Å². The van der Waals surface area contributed by atoms with Gasteiger partial charge in [0.1, 0.15) is 5.69 Å². The molecule has 1 aromatic rings. The molecule has 1 N–H and O–H groups in total.